The number of benzene rings is 2. The number of aliphatic hydroxyl groups is 1. The van der Waals surface area contributed by atoms with E-state index in [1.54, 1.807) is 12.1 Å². The van der Waals surface area contributed by atoms with Gasteiger partial charge < -0.3 is 20.5 Å². The van der Waals surface area contributed by atoms with Gasteiger partial charge >= 0.3 is 0 Å². The highest BCUT2D eigenvalue weighted by atomic mass is 16.3. The average molecular weight is 366 g/mol. The molecule has 2 aromatic carbocycles. The molecule has 0 saturated carbocycles. The predicted molar refractivity (Wildman–Crippen MR) is 108 cm³/mol. The number of hydrogen-bond acceptors (Lipinski definition) is 4. The molecule has 0 amide bonds. The lowest BCUT2D eigenvalue weighted by molar-refractivity contribution is 0.160. The van der Waals surface area contributed by atoms with Crippen LogP contribution in [0.1, 0.15) is 37.5 Å². The third kappa shape index (κ3) is 4.76. The SMILES string of the molecule is CC(C)(CCc1ccccc1)NC[C@H](O)c1ccc(O)c2[nH]c(=O)ccc12. The first-order valence-corrected chi connectivity index (χ1v) is 9.18. The van der Waals surface area contributed by atoms with Gasteiger partial charge in [0.1, 0.15) is 5.75 Å². The minimum atomic E-state index is -0.755. The highest BCUT2D eigenvalue weighted by Crippen LogP contribution is 2.28. The summed E-state index contributed by atoms with van der Waals surface area (Å²) >= 11 is 0. The van der Waals surface area contributed by atoms with E-state index in [9.17, 15) is 15.0 Å². The second-order valence-corrected chi connectivity index (χ2v) is 7.55. The fourth-order valence-corrected chi connectivity index (χ4v) is 3.22. The summed E-state index contributed by atoms with van der Waals surface area (Å²) in [6.07, 6.45) is 1.14. The second-order valence-electron chi connectivity index (χ2n) is 7.55. The van der Waals surface area contributed by atoms with Crippen LogP contribution in [-0.2, 0) is 6.42 Å². The molecule has 0 bridgehead atoms. The molecule has 1 heterocycles. The van der Waals surface area contributed by atoms with Gasteiger partial charge in [-0.2, -0.15) is 0 Å². The zero-order valence-corrected chi connectivity index (χ0v) is 15.7. The average Bonchev–Trinajstić information content (AvgIpc) is 2.66. The number of nitrogens with one attached hydrogen (secondary N) is 2. The molecule has 4 N–H and O–H groups in total. The van der Waals surface area contributed by atoms with E-state index in [4.69, 9.17) is 0 Å². The fraction of sp³-hybridized carbons (Fsp3) is 0.318. The molecule has 0 aliphatic heterocycles. The van der Waals surface area contributed by atoms with Gasteiger partial charge in [0, 0.05) is 23.5 Å². The van der Waals surface area contributed by atoms with Crippen molar-refractivity contribution in [3.05, 3.63) is 76.1 Å². The van der Waals surface area contributed by atoms with E-state index >= 15 is 0 Å². The summed E-state index contributed by atoms with van der Waals surface area (Å²) in [4.78, 5) is 14.1. The first kappa shape index (κ1) is 19.1. The molecular weight excluding hydrogens is 340 g/mol. The van der Waals surface area contributed by atoms with Crippen molar-refractivity contribution in [3.63, 3.8) is 0 Å². The Morgan fingerprint density at radius 3 is 2.56 bits per heavy atom. The van der Waals surface area contributed by atoms with Crippen LogP contribution in [-0.4, -0.2) is 27.3 Å². The second kappa shape index (κ2) is 7.94. The number of aryl methyl sites for hydroxylation is 1. The molecule has 5 heteroatoms. The molecule has 0 saturated heterocycles. The van der Waals surface area contributed by atoms with Gasteiger partial charge in [0.05, 0.1) is 11.6 Å². The molecule has 1 atom stereocenters. The smallest absolute Gasteiger partial charge is 0.248 e. The lowest BCUT2D eigenvalue weighted by Gasteiger charge is -2.28. The Morgan fingerprint density at radius 1 is 1.07 bits per heavy atom. The Morgan fingerprint density at radius 2 is 1.81 bits per heavy atom. The Balaban J connectivity index is 1.68. The number of phenolic OH excluding ortho intramolecular Hbond substituents is 1. The molecule has 0 spiro atoms. The standard InChI is InChI=1S/C22H26N2O3/c1-22(2,13-12-15-6-4-3-5-7-15)23-14-19(26)16-8-10-18(25)21-17(16)9-11-20(27)24-21/h3-11,19,23,25-26H,12-14H2,1-2H3,(H,24,27)/t19-/m0/s1. The van der Waals surface area contributed by atoms with Crippen molar-refractivity contribution in [2.45, 2.75) is 38.3 Å². The Bertz CT molecular complexity index is 964. The first-order chi connectivity index (χ1) is 12.9. The Labute approximate surface area is 158 Å². The minimum absolute atomic E-state index is 0.00481. The summed E-state index contributed by atoms with van der Waals surface area (Å²) in [5.41, 5.74) is 1.89. The van der Waals surface area contributed by atoms with Crippen LogP contribution in [0.4, 0.5) is 0 Å². The van der Waals surface area contributed by atoms with Crippen LogP contribution in [0.15, 0.2) is 59.4 Å². The summed E-state index contributed by atoms with van der Waals surface area (Å²) in [5.74, 6) is -0.00481. The third-order valence-electron chi connectivity index (χ3n) is 4.92. The van der Waals surface area contributed by atoms with E-state index in [0.717, 1.165) is 12.8 Å². The van der Waals surface area contributed by atoms with Gasteiger partial charge in [0.15, 0.2) is 0 Å². The van der Waals surface area contributed by atoms with Crippen molar-refractivity contribution in [1.82, 2.24) is 10.3 Å². The molecule has 3 rings (SSSR count). The van der Waals surface area contributed by atoms with Crippen molar-refractivity contribution in [3.8, 4) is 5.75 Å². The summed E-state index contributed by atoms with van der Waals surface area (Å²) in [6, 6.07) is 16.6. The van der Waals surface area contributed by atoms with Crippen LogP contribution >= 0.6 is 0 Å². The number of hydrogen-bond donors (Lipinski definition) is 4. The van der Waals surface area contributed by atoms with Gasteiger partial charge in [-0.1, -0.05) is 36.4 Å². The quantitative estimate of drug-likeness (QED) is 0.517. The lowest BCUT2D eigenvalue weighted by Crippen LogP contribution is -2.42. The molecule has 5 nitrogen and oxygen atoms in total. The number of H-pyrrole nitrogens is 1. The third-order valence-corrected chi connectivity index (χ3v) is 4.92. The lowest BCUT2D eigenvalue weighted by atomic mass is 9.94. The first-order valence-electron chi connectivity index (χ1n) is 9.18. The highest BCUT2D eigenvalue weighted by molar-refractivity contribution is 5.87. The molecule has 3 aromatic rings. The van der Waals surface area contributed by atoms with Crippen molar-refractivity contribution >= 4 is 10.9 Å². The summed E-state index contributed by atoms with van der Waals surface area (Å²) < 4.78 is 0. The zero-order chi connectivity index (χ0) is 19.4. The summed E-state index contributed by atoms with van der Waals surface area (Å²) in [6.45, 7) is 4.62. The van der Waals surface area contributed by atoms with Crippen LogP contribution in [0.25, 0.3) is 10.9 Å². The number of phenols is 1. The number of aromatic amines is 1. The monoisotopic (exact) mass is 366 g/mol. The number of fused-ring (bicyclic) bond motifs is 1. The maximum atomic E-state index is 11.5. The number of β-amino-alcohol motifs (C(OH)–C–C–N with tert-alkyl or cyclic N) is 1. The normalized spacial score (nSPS) is 13.0. The van der Waals surface area contributed by atoms with Crippen LogP contribution in [0, 0.1) is 0 Å². The number of aromatic nitrogens is 1. The molecule has 1 aromatic heterocycles. The van der Waals surface area contributed by atoms with Gasteiger partial charge in [-0.3, -0.25) is 4.79 Å². The number of rotatable bonds is 7. The predicted octanol–water partition coefficient (Wildman–Crippen LogP) is 3.27. The molecule has 27 heavy (non-hydrogen) atoms. The fourth-order valence-electron chi connectivity index (χ4n) is 3.22. The van der Waals surface area contributed by atoms with Crippen molar-refractivity contribution in [1.29, 1.82) is 0 Å². The molecular formula is C22H26N2O3. The number of aliphatic hydroxyl groups excluding tert-OH is 1. The van der Waals surface area contributed by atoms with E-state index < -0.39 is 6.10 Å². The van der Waals surface area contributed by atoms with Gasteiger partial charge in [-0.25, -0.2) is 0 Å². The minimum Gasteiger partial charge on any atom is -0.506 e. The van der Waals surface area contributed by atoms with Gasteiger partial charge in [0.25, 0.3) is 0 Å². The Kier molecular flexibility index (Phi) is 5.63. The largest absolute Gasteiger partial charge is 0.506 e. The van der Waals surface area contributed by atoms with Crippen molar-refractivity contribution < 1.29 is 10.2 Å². The van der Waals surface area contributed by atoms with Gasteiger partial charge in [-0.15, -0.1) is 0 Å². The van der Waals surface area contributed by atoms with Crippen molar-refractivity contribution in [2.75, 3.05) is 6.54 Å². The van der Waals surface area contributed by atoms with Gasteiger partial charge in [0.2, 0.25) is 5.56 Å². The van der Waals surface area contributed by atoms with E-state index in [1.165, 1.54) is 17.7 Å². The van der Waals surface area contributed by atoms with Crippen LogP contribution in [0.5, 0.6) is 5.75 Å². The van der Waals surface area contributed by atoms with Crippen LogP contribution in [0.3, 0.4) is 0 Å². The highest BCUT2D eigenvalue weighted by Gasteiger charge is 2.20. The van der Waals surface area contributed by atoms with E-state index in [1.807, 2.05) is 18.2 Å². The maximum absolute atomic E-state index is 11.5. The van der Waals surface area contributed by atoms with E-state index in [0.29, 0.717) is 23.0 Å². The van der Waals surface area contributed by atoms with Crippen LogP contribution < -0.4 is 10.9 Å². The van der Waals surface area contributed by atoms with Gasteiger partial charge in [-0.05, 0) is 49.9 Å². The zero-order valence-electron chi connectivity index (χ0n) is 15.7. The number of aromatic hydroxyl groups is 1. The topological polar surface area (TPSA) is 85.3 Å². The van der Waals surface area contributed by atoms with E-state index in [2.05, 4.69) is 36.3 Å². The molecule has 142 valence electrons. The van der Waals surface area contributed by atoms with Crippen molar-refractivity contribution in [2.24, 2.45) is 0 Å². The molecule has 0 aliphatic carbocycles. The maximum Gasteiger partial charge on any atom is 0.248 e. The molecule has 0 aliphatic rings. The Hall–Kier alpha value is -2.63. The molecule has 0 radical (unpaired) electrons. The molecule has 0 fully saturated rings. The summed E-state index contributed by atoms with van der Waals surface area (Å²) in [5, 5.41) is 24.7. The van der Waals surface area contributed by atoms with E-state index in [-0.39, 0.29) is 16.8 Å². The molecule has 0 unspecified atom stereocenters. The van der Waals surface area contributed by atoms with Crippen LogP contribution in [0.2, 0.25) is 0 Å². The number of pyridine rings is 1. The summed E-state index contributed by atoms with van der Waals surface area (Å²) in [7, 11) is 0.